The second kappa shape index (κ2) is 13.6. The number of fused-ring (bicyclic) bond motifs is 1. The minimum Gasteiger partial charge on any atom is -0.497 e. The van der Waals surface area contributed by atoms with Gasteiger partial charge < -0.3 is 23.5 Å². The fraction of sp³-hybridized carbons (Fsp3) is 0.235. The van der Waals surface area contributed by atoms with Gasteiger partial charge in [0.05, 0.1) is 39.0 Å². The first-order valence-electron chi connectivity index (χ1n) is 13.9. The van der Waals surface area contributed by atoms with Crippen molar-refractivity contribution in [3.05, 3.63) is 112 Å². The van der Waals surface area contributed by atoms with Gasteiger partial charge in [0, 0.05) is 23.5 Å². The number of hydrogen-bond acceptors (Lipinski definition) is 8. The summed E-state index contributed by atoms with van der Waals surface area (Å²) >= 11 is 1.52. The molecular weight excluding hydrogens is 564 g/mol. The molecule has 0 N–H and O–H groups in total. The fourth-order valence-corrected chi connectivity index (χ4v) is 6.36. The molecular formula is C34H34N2O6S. The van der Waals surface area contributed by atoms with E-state index in [9.17, 15) is 9.59 Å². The van der Waals surface area contributed by atoms with Crippen molar-refractivity contribution < 1.29 is 23.7 Å². The van der Waals surface area contributed by atoms with Crippen molar-refractivity contribution in [2.75, 3.05) is 27.9 Å². The number of carbonyl (C=O) groups excluding carboxylic acids is 1. The Hall–Kier alpha value is -4.60. The maximum atomic E-state index is 14.1. The minimum atomic E-state index is -0.922. The molecule has 9 heteroatoms. The molecule has 5 aromatic rings. The quantitative estimate of drug-likeness (QED) is 0.152. The van der Waals surface area contributed by atoms with Crippen LogP contribution in [0.5, 0.6) is 17.2 Å². The summed E-state index contributed by atoms with van der Waals surface area (Å²) in [6.45, 7) is 3.37. The van der Waals surface area contributed by atoms with E-state index in [0.29, 0.717) is 30.8 Å². The van der Waals surface area contributed by atoms with Crippen LogP contribution in [0.2, 0.25) is 0 Å². The molecule has 0 aliphatic heterocycles. The number of benzene rings is 3. The zero-order valence-corrected chi connectivity index (χ0v) is 25.5. The summed E-state index contributed by atoms with van der Waals surface area (Å²) < 4.78 is 23.6. The Morgan fingerprint density at radius 2 is 1.67 bits per heavy atom. The van der Waals surface area contributed by atoms with E-state index in [4.69, 9.17) is 18.9 Å². The maximum absolute atomic E-state index is 14.1. The molecule has 0 unspecified atom stereocenters. The number of ether oxygens (including phenoxy) is 4. The number of pyridine rings is 1. The van der Waals surface area contributed by atoms with Crippen molar-refractivity contribution in [2.45, 2.75) is 26.6 Å². The maximum Gasteiger partial charge on any atom is 0.514 e. The average Bonchev–Trinajstić information content (AvgIpc) is 3.39. The first-order valence-corrected chi connectivity index (χ1v) is 14.8. The van der Waals surface area contributed by atoms with Crippen LogP contribution in [0.4, 0.5) is 4.79 Å². The van der Waals surface area contributed by atoms with Crippen LogP contribution in [0, 0.1) is 0 Å². The number of thiophene rings is 1. The van der Waals surface area contributed by atoms with Crippen molar-refractivity contribution in [3.8, 4) is 27.7 Å². The van der Waals surface area contributed by atoms with Gasteiger partial charge in [-0.1, -0.05) is 60.7 Å². The van der Waals surface area contributed by atoms with Crippen molar-refractivity contribution in [1.29, 1.82) is 0 Å². The molecule has 0 radical (unpaired) electrons. The van der Waals surface area contributed by atoms with E-state index in [-0.39, 0.29) is 17.8 Å². The molecule has 0 amide bonds. The molecule has 3 aromatic carbocycles. The van der Waals surface area contributed by atoms with Gasteiger partial charge in [-0.25, -0.2) is 4.79 Å². The number of rotatable bonds is 11. The largest absolute Gasteiger partial charge is 0.514 e. The third kappa shape index (κ3) is 6.74. The molecule has 0 atom stereocenters. The standard InChI is InChI=1S/C34H34N2O6S/c1-5-41-34(38)42-29-22-36(20-25-14-9-10-17-28(25)40-4)33-30(31(29)37)27(21-35(2)19-23-12-7-6-8-13-23)32(43-33)24-15-11-16-26(18-24)39-3/h6-18,22H,5,19-21H2,1-4H3. The van der Waals surface area contributed by atoms with Crippen molar-refractivity contribution in [1.82, 2.24) is 9.47 Å². The summed E-state index contributed by atoms with van der Waals surface area (Å²) in [7, 11) is 5.29. The first kappa shape index (κ1) is 29.9. The highest BCUT2D eigenvalue weighted by atomic mass is 32.1. The summed E-state index contributed by atoms with van der Waals surface area (Å²) in [5.41, 5.74) is 3.48. The van der Waals surface area contributed by atoms with Gasteiger partial charge >= 0.3 is 6.16 Å². The van der Waals surface area contributed by atoms with Crippen LogP contribution in [-0.4, -0.2) is 43.5 Å². The Bertz CT molecular complexity index is 1780. The van der Waals surface area contributed by atoms with Crippen LogP contribution < -0.4 is 19.6 Å². The van der Waals surface area contributed by atoms with Gasteiger partial charge in [-0.15, -0.1) is 11.3 Å². The number of carbonyl (C=O) groups is 1. The van der Waals surface area contributed by atoms with Gasteiger partial charge in [0.1, 0.15) is 16.3 Å². The zero-order valence-electron chi connectivity index (χ0n) is 24.7. The Balaban J connectivity index is 1.72. The third-order valence-electron chi connectivity index (χ3n) is 7.02. The normalized spacial score (nSPS) is 11.1. The summed E-state index contributed by atoms with van der Waals surface area (Å²) in [5, 5.41) is 0.499. The van der Waals surface area contributed by atoms with E-state index in [1.165, 1.54) is 11.3 Å². The molecule has 0 saturated carbocycles. The number of hydrogen-bond donors (Lipinski definition) is 0. The van der Waals surface area contributed by atoms with E-state index < -0.39 is 6.16 Å². The summed E-state index contributed by atoms with van der Waals surface area (Å²) in [5.74, 6) is 1.34. The van der Waals surface area contributed by atoms with Gasteiger partial charge in [0.25, 0.3) is 0 Å². The van der Waals surface area contributed by atoms with Gasteiger partial charge in [0.15, 0.2) is 5.75 Å². The van der Waals surface area contributed by atoms with E-state index in [0.717, 1.165) is 37.7 Å². The molecule has 0 fully saturated rings. The second-order valence-electron chi connectivity index (χ2n) is 10.0. The number of aromatic nitrogens is 1. The van der Waals surface area contributed by atoms with Crippen LogP contribution in [0.25, 0.3) is 20.7 Å². The van der Waals surface area contributed by atoms with Crippen LogP contribution in [0.15, 0.2) is 89.9 Å². The van der Waals surface area contributed by atoms with Crippen LogP contribution in [0.3, 0.4) is 0 Å². The van der Waals surface area contributed by atoms with Gasteiger partial charge in [-0.3, -0.25) is 9.69 Å². The molecule has 0 aliphatic rings. The van der Waals surface area contributed by atoms with E-state index in [1.54, 1.807) is 27.3 Å². The van der Waals surface area contributed by atoms with Crippen LogP contribution >= 0.6 is 11.3 Å². The van der Waals surface area contributed by atoms with Crippen molar-refractivity contribution >= 4 is 27.7 Å². The summed E-state index contributed by atoms with van der Waals surface area (Å²) in [6.07, 6.45) is 0.658. The van der Waals surface area contributed by atoms with Crippen molar-refractivity contribution in [3.63, 3.8) is 0 Å². The Morgan fingerprint density at radius 3 is 2.42 bits per heavy atom. The van der Waals surface area contributed by atoms with E-state index >= 15 is 0 Å². The lowest BCUT2D eigenvalue weighted by molar-refractivity contribution is 0.104. The smallest absolute Gasteiger partial charge is 0.497 e. The van der Waals surface area contributed by atoms with Gasteiger partial charge in [0.2, 0.25) is 5.43 Å². The van der Waals surface area contributed by atoms with Crippen molar-refractivity contribution in [2.24, 2.45) is 0 Å². The zero-order chi connectivity index (χ0) is 30.3. The predicted octanol–water partition coefficient (Wildman–Crippen LogP) is 6.96. The Morgan fingerprint density at radius 1 is 0.907 bits per heavy atom. The highest BCUT2D eigenvalue weighted by Crippen LogP contribution is 2.40. The predicted molar refractivity (Wildman–Crippen MR) is 169 cm³/mol. The molecule has 2 heterocycles. The van der Waals surface area contributed by atoms with Crippen LogP contribution in [-0.2, 0) is 24.4 Å². The SMILES string of the molecule is CCOC(=O)Oc1cn(Cc2ccccc2OC)c2sc(-c3cccc(OC)c3)c(CN(C)Cc3ccccc3)c2c1=O. The molecule has 222 valence electrons. The van der Waals surface area contributed by atoms with Gasteiger partial charge in [-0.2, -0.15) is 0 Å². The minimum absolute atomic E-state index is 0.0946. The molecule has 0 saturated heterocycles. The molecule has 43 heavy (non-hydrogen) atoms. The van der Waals surface area contributed by atoms with Crippen LogP contribution in [0.1, 0.15) is 23.6 Å². The van der Waals surface area contributed by atoms with E-state index in [2.05, 4.69) is 17.0 Å². The molecule has 2 aromatic heterocycles. The third-order valence-corrected chi connectivity index (χ3v) is 8.34. The average molecular weight is 599 g/mol. The first-order chi connectivity index (χ1) is 20.9. The lowest BCUT2D eigenvalue weighted by atomic mass is 10.0. The molecule has 0 aliphatic carbocycles. The number of methoxy groups -OCH3 is 2. The Labute approximate surface area is 254 Å². The lowest BCUT2D eigenvalue weighted by Gasteiger charge is -2.18. The lowest BCUT2D eigenvalue weighted by Crippen LogP contribution is -2.21. The highest BCUT2D eigenvalue weighted by molar-refractivity contribution is 7.22. The fourth-order valence-electron chi connectivity index (χ4n) is 5.08. The topological polar surface area (TPSA) is 79.2 Å². The summed E-state index contributed by atoms with van der Waals surface area (Å²) in [4.78, 5) is 30.4. The Kier molecular flexibility index (Phi) is 9.44. The summed E-state index contributed by atoms with van der Waals surface area (Å²) in [6, 6.07) is 25.7. The molecule has 5 rings (SSSR count). The second-order valence-corrected chi connectivity index (χ2v) is 11.0. The molecule has 8 nitrogen and oxygen atoms in total. The highest BCUT2D eigenvalue weighted by Gasteiger charge is 2.24. The molecule has 0 bridgehead atoms. The van der Waals surface area contributed by atoms with E-state index in [1.807, 2.05) is 78.3 Å². The number of para-hydroxylation sites is 1. The number of nitrogens with zero attached hydrogens (tertiary/aromatic N) is 2. The van der Waals surface area contributed by atoms with Gasteiger partial charge in [-0.05, 0) is 48.9 Å². The monoisotopic (exact) mass is 598 g/mol. The molecule has 0 spiro atoms.